The number of hydrogen-bond donors (Lipinski definition) is 1. The lowest BCUT2D eigenvalue weighted by Gasteiger charge is -1.95. The molecule has 1 aliphatic carbocycles. The van der Waals surface area contributed by atoms with Gasteiger partial charge in [0.1, 0.15) is 5.65 Å². The summed E-state index contributed by atoms with van der Waals surface area (Å²) in [6.45, 7) is 0. The van der Waals surface area contributed by atoms with Crippen molar-refractivity contribution in [2.24, 2.45) is 0 Å². The van der Waals surface area contributed by atoms with Crippen LogP contribution in [-0.2, 0) is 0 Å². The third-order valence-electron chi connectivity index (χ3n) is 2.38. The van der Waals surface area contributed by atoms with Crippen LogP contribution >= 0.6 is 0 Å². The van der Waals surface area contributed by atoms with Gasteiger partial charge >= 0.3 is 0 Å². The third-order valence-corrected chi connectivity index (χ3v) is 2.38. The van der Waals surface area contributed by atoms with Gasteiger partial charge in [0.15, 0.2) is 0 Å². The summed E-state index contributed by atoms with van der Waals surface area (Å²) >= 11 is 0. The second-order valence-corrected chi connectivity index (χ2v) is 3.47. The smallest absolute Gasteiger partial charge is 0.201 e. The highest BCUT2D eigenvalue weighted by atomic mass is 19.1. The van der Waals surface area contributed by atoms with E-state index in [9.17, 15) is 4.39 Å². The van der Waals surface area contributed by atoms with E-state index >= 15 is 0 Å². The predicted octanol–water partition coefficient (Wildman–Crippen LogP) is 2.38. The van der Waals surface area contributed by atoms with Crippen LogP contribution in [0, 0.1) is 12.0 Å². The first kappa shape index (κ1) is 7.06. The Hall–Kier alpha value is -1.38. The Morgan fingerprint density at radius 3 is 3.08 bits per heavy atom. The van der Waals surface area contributed by atoms with Crippen molar-refractivity contribution in [1.82, 2.24) is 9.97 Å². The first-order valence-electron chi connectivity index (χ1n) is 4.40. The quantitative estimate of drug-likeness (QED) is 0.708. The summed E-state index contributed by atoms with van der Waals surface area (Å²) < 4.78 is 12.7. The molecule has 65 valence electrons. The molecule has 13 heavy (non-hydrogen) atoms. The molecule has 0 atom stereocenters. The summed E-state index contributed by atoms with van der Waals surface area (Å²) in [4.78, 5) is 6.88. The molecular formula is C10H8FN2. The van der Waals surface area contributed by atoms with Crippen molar-refractivity contribution < 1.29 is 4.39 Å². The topological polar surface area (TPSA) is 28.7 Å². The van der Waals surface area contributed by atoms with Gasteiger partial charge in [-0.15, -0.1) is 0 Å². The minimum atomic E-state index is -0.435. The van der Waals surface area contributed by atoms with Crippen molar-refractivity contribution in [3.8, 4) is 0 Å². The highest BCUT2D eigenvalue weighted by Gasteiger charge is 2.25. The molecular weight excluding hydrogens is 167 g/mol. The van der Waals surface area contributed by atoms with Gasteiger partial charge in [-0.1, -0.05) is 0 Å². The van der Waals surface area contributed by atoms with Gasteiger partial charge < -0.3 is 4.98 Å². The number of pyridine rings is 1. The van der Waals surface area contributed by atoms with Crippen molar-refractivity contribution in [1.29, 1.82) is 0 Å². The van der Waals surface area contributed by atoms with Crippen LogP contribution in [0.5, 0.6) is 0 Å². The van der Waals surface area contributed by atoms with Crippen molar-refractivity contribution >= 4 is 11.0 Å². The molecule has 1 saturated carbocycles. The number of halogens is 1. The van der Waals surface area contributed by atoms with Gasteiger partial charge in [-0.25, -0.2) is 4.98 Å². The maximum atomic E-state index is 12.7. The fraction of sp³-hybridized carbons (Fsp3) is 0.300. The normalized spacial score (nSPS) is 16.7. The van der Waals surface area contributed by atoms with Crippen molar-refractivity contribution in [2.45, 2.75) is 18.8 Å². The van der Waals surface area contributed by atoms with E-state index in [1.807, 2.05) is 12.1 Å². The van der Waals surface area contributed by atoms with E-state index in [0.717, 1.165) is 11.1 Å². The number of fused-ring (bicyclic) bond motifs is 1. The Labute approximate surface area is 74.8 Å². The van der Waals surface area contributed by atoms with Crippen molar-refractivity contribution in [3.05, 3.63) is 29.8 Å². The van der Waals surface area contributed by atoms with E-state index < -0.39 is 5.95 Å². The molecule has 1 N–H and O–H groups in total. The third kappa shape index (κ3) is 1.11. The number of nitrogens with one attached hydrogen (secondary N) is 1. The molecule has 0 aliphatic heterocycles. The highest BCUT2D eigenvalue weighted by Crippen LogP contribution is 2.39. The Morgan fingerprint density at radius 1 is 1.46 bits per heavy atom. The summed E-state index contributed by atoms with van der Waals surface area (Å²) in [5, 5.41) is 0.724. The molecule has 1 aliphatic rings. The molecule has 2 heterocycles. The average Bonchev–Trinajstić information content (AvgIpc) is 2.87. The number of rotatable bonds is 1. The molecule has 0 spiro atoms. The lowest BCUT2D eigenvalue weighted by molar-refractivity contribution is 0.592. The van der Waals surface area contributed by atoms with E-state index in [4.69, 9.17) is 0 Å². The molecule has 2 aromatic rings. The van der Waals surface area contributed by atoms with Gasteiger partial charge in [-0.2, -0.15) is 4.39 Å². The Morgan fingerprint density at radius 2 is 2.31 bits per heavy atom. The Kier molecular flexibility index (Phi) is 1.26. The molecule has 0 bridgehead atoms. The maximum absolute atomic E-state index is 12.7. The van der Waals surface area contributed by atoms with E-state index in [-0.39, 0.29) is 0 Å². The lowest BCUT2D eigenvalue weighted by atomic mass is 10.2. The Balaban J connectivity index is 2.20. The van der Waals surface area contributed by atoms with Crippen LogP contribution in [0.15, 0.2) is 12.1 Å². The van der Waals surface area contributed by atoms with Crippen LogP contribution < -0.4 is 0 Å². The zero-order valence-electron chi connectivity index (χ0n) is 6.97. The maximum Gasteiger partial charge on any atom is 0.201 e. The molecule has 0 aromatic carbocycles. The minimum Gasteiger partial charge on any atom is -0.316 e. The van der Waals surface area contributed by atoms with Gasteiger partial charge in [0.2, 0.25) is 5.95 Å². The van der Waals surface area contributed by atoms with Crippen LogP contribution in [0.2, 0.25) is 0 Å². The SMILES string of the molecule is Fc1[c]c2ccc(C3CC3)nc2[nH]1. The molecule has 3 heteroatoms. The summed E-state index contributed by atoms with van der Waals surface area (Å²) in [5.41, 5.74) is 1.68. The summed E-state index contributed by atoms with van der Waals surface area (Å²) in [5.74, 6) is 0.172. The molecule has 3 rings (SSSR count). The molecule has 0 amide bonds. The van der Waals surface area contributed by atoms with Crippen LogP contribution in [0.25, 0.3) is 11.0 Å². The molecule has 1 radical (unpaired) electrons. The molecule has 2 aromatic heterocycles. The average molecular weight is 175 g/mol. The molecule has 0 unspecified atom stereocenters. The first-order chi connectivity index (χ1) is 6.33. The van der Waals surface area contributed by atoms with Gasteiger partial charge in [-0.05, 0) is 25.0 Å². The summed E-state index contributed by atoms with van der Waals surface area (Å²) in [7, 11) is 0. The zero-order valence-corrected chi connectivity index (χ0v) is 6.97. The van der Waals surface area contributed by atoms with Crippen LogP contribution in [-0.4, -0.2) is 9.97 Å². The monoisotopic (exact) mass is 175 g/mol. The lowest BCUT2D eigenvalue weighted by Crippen LogP contribution is -1.85. The zero-order chi connectivity index (χ0) is 8.84. The number of hydrogen-bond acceptors (Lipinski definition) is 1. The predicted molar refractivity (Wildman–Crippen MR) is 46.9 cm³/mol. The number of aromatic amines is 1. The molecule has 1 fully saturated rings. The fourth-order valence-electron chi connectivity index (χ4n) is 1.53. The van der Waals surface area contributed by atoms with Gasteiger partial charge in [0.25, 0.3) is 0 Å². The van der Waals surface area contributed by atoms with Crippen molar-refractivity contribution in [2.75, 3.05) is 0 Å². The van der Waals surface area contributed by atoms with Gasteiger partial charge in [0.05, 0.1) is 6.07 Å². The van der Waals surface area contributed by atoms with Crippen molar-refractivity contribution in [3.63, 3.8) is 0 Å². The van der Waals surface area contributed by atoms with Crippen LogP contribution in [0.1, 0.15) is 24.5 Å². The minimum absolute atomic E-state index is 0.435. The first-order valence-corrected chi connectivity index (χ1v) is 4.40. The molecule has 2 nitrogen and oxygen atoms in total. The largest absolute Gasteiger partial charge is 0.316 e. The highest BCUT2D eigenvalue weighted by molar-refractivity contribution is 5.74. The second kappa shape index (κ2) is 2.31. The van der Waals surface area contributed by atoms with E-state index in [0.29, 0.717) is 11.6 Å². The number of H-pyrrole nitrogens is 1. The van der Waals surface area contributed by atoms with Crippen LogP contribution in [0.4, 0.5) is 4.39 Å². The molecule has 0 saturated heterocycles. The van der Waals surface area contributed by atoms with E-state index in [1.54, 1.807) is 0 Å². The van der Waals surface area contributed by atoms with E-state index in [2.05, 4.69) is 16.0 Å². The Bertz CT molecular complexity index is 457. The fourth-order valence-corrected chi connectivity index (χ4v) is 1.53. The van der Waals surface area contributed by atoms with Gasteiger partial charge in [-0.3, -0.25) is 0 Å². The summed E-state index contributed by atoms with van der Waals surface area (Å²) in [6.07, 6.45) is 2.43. The summed E-state index contributed by atoms with van der Waals surface area (Å²) in [6, 6.07) is 6.39. The van der Waals surface area contributed by atoms with Gasteiger partial charge in [0, 0.05) is 17.0 Å². The standard InChI is InChI=1S/C10H8FN2/c11-9-5-7-3-4-8(6-1-2-6)12-10(7)13-9/h3-4,6H,1-2H2,(H,12,13). The van der Waals surface area contributed by atoms with E-state index in [1.165, 1.54) is 12.8 Å². The number of aromatic nitrogens is 2. The van der Waals surface area contributed by atoms with Crippen LogP contribution in [0.3, 0.4) is 0 Å². The second-order valence-electron chi connectivity index (χ2n) is 3.47. The number of nitrogens with zero attached hydrogens (tertiary/aromatic N) is 1.